The van der Waals surface area contributed by atoms with Crippen LogP contribution in [0.3, 0.4) is 0 Å². The zero-order valence-corrected chi connectivity index (χ0v) is 11.1. The van der Waals surface area contributed by atoms with E-state index in [2.05, 4.69) is 30.0 Å². The minimum atomic E-state index is -0.226. The highest BCUT2D eigenvalue weighted by molar-refractivity contribution is 5.76. The van der Waals surface area contributed by atoms with Gasteiger partial charge in [-0.1, -0.05) is 37.1 Å². The second-order valence-corrected chi connectivity index (χ2v) is 5.24. The second kappa shape index (κ2) is 6.01. The Morgan fingerprint density at radius 3 is 2.61 bits per heavy atom. The molecule has 3 heteroatoms. The van der Waals surface area contributed by atoms with Crippen LogP contribution in [0.1, 0.15) is 36.8 Å². The van der Waals surface area contributed by atoms with Gasteiger partial charge in [-0.2, -0.15) is 0 Å². The number of hydrogen-bond acceptors (Lipinski definition) is 2. The van der Waals surface area contributed by atoms with Crippen LogP contribution in [0, 0.1) is 6.92 Å². The molecule has 1 aromatic rings. The van der Waals surface area contributed by atoms with E-state index in [1.54, 1.807) is 0 Å². The predicted molar refractivity (Wildman–Crippen MR) is 73.0 cm³/mol. The average Bonchev–Trinajstić information content (AvgIpc) is 2.84. The molecule has 0 heterocycles. The van der Waals surface area contributed by atoms with Gasteiger partial charge in [0.05, 0.1) is 6.54 Å². The Balaban J connectivity index is 2.09. The summed E-state index contributed by atoms with van der Waals surface area (Å²) in [6.45, 7) is 3.33. The maximum Gasteiger partial charge on any atom is 0.231 e. The van der Waals surface area contributed by atoms with E-state index in [1.165, 1.54) is 36.8 Å². The fourth-order valence-corrected chi connectivity index (χ4v) is 2.79. The first-order chi connectivity index (χ1) is 8.66. The molecule has 0 atom stereocenters. The highest BCUT2D eigenvalue weighted by Gasteiger charge is 2.24. The molecule has 1 aromatic carbocycles. The highest BCUT2D eigenvalue weighted by atomic mass is 16.1. The third-order valence-corrected chi connectivity index (χ3v) is 3.83. The lowest BCUT2D eigenvalue weighted by Gasteiger charge is -2.28. The molecule has 0 radical (unpaired) electrons. The lowest BCUT2D eigenvalue weighted by Crippen LogP contribution is -2.39. The van der Waals surface area contributed by atoms with Crippen molar-refractivity contribution in [2.24, 2.45) is 5.73 Å². The Morgan fingerprint density at radius 1 is 1.33 bits per heavy atom. The van der Waals surface area contributed by atoms with E-state index in [4.69, 9.17) is 5.73 Å². The third-order valence-electron chi connectivity index (χ3n) is 3.83. The Morgan fingerprint density at radius 2 is 2.00 bits per heavy atom. The zero-order valence-electron chi connectivity index (χ0n) is 11.1. The Labute approximate surface area is 109 Å². The molecule has 0 spiro atoms. The van der Waals surface area contributed by atoms with Gasteiger partial charge in [-0.3, -0.25) is 9.69 Å². The fourth-order valence-electron chi connectivity index (χ4n) is 2.79. The summed E-state index contributed by atoms with van der Waals surface area (Å²) in [5.41, 5.74) is 7.95. The second-order valence-electron chi connectivity index (χ2n) is 5.24. The number of aryl methyl sites for hydroxylation is 1. The zero-order chi connectivity index (χ0) is 13.0. The Bertz CT molecular complexity index is 411. The van der Waals surface area contributed by atoms with Crippen LogP contribution >= 0.6 is 0 Å². The van der Waals surface area contributed by atoms with Crippen LogP contribution in [-0.4, -0.2) is 23.4 Å². The minimum absolute atomic E-state index is 0.226. The SMILES string of the molecule is Cc1ccccc1CN(CC(N)=O)C1CCCC1. The maximum absolute atomic E-state index is 11.2. The van der Waals surface area contributed by atoms with Gasteiger partial charge < -0.3 is 5.73 Å². The summed E-state index contributed by atoms with van der Waals surface area (Å²) in [5.74, 6) is -0.226. The molecule has 0 unspecified atom stereocenters. The van der Waals surface area contributed by atoms with E-state index in [0.29, 0.717) is 12.6 Å². The summed E-state index contributed by atoms with van der Waals surface area (Å²) in [6.07, 6.45) is 4.93. The predicted octanol–water partition coefficient (Wildman–Crippen LogP) is 2.22. The third kappa shape index (κ3) is 3.33. The first kappa shape index (κ1) is 13.1. The van der Waals surface area contributed by atoms with Crippen molar-refractivity contribution in [2.75, 3.05) is 6.54 Å². The molecule has 18 heavy (non-hydrogen) atoms. The number of hydrogen-bond donors (Lipinski definition) is 1. The van der Waals surface area contributed by atoms with Crippen molar-refractivity contribution in [1.29, 1.82) is 0 Å². The molecular weight excluding hydrogens is 224 g/mol. The standard InChI is InChI=1S/C15H22N2O/c1-12-6-2-3-7-13(12)10-17(11-15(16)18)14-8-4-5-9-14/h2-3,6-7,14H,4-5,8-11H2,1H3,(H2,16,18). The van der Waals surface area contributed by atoms with E-state index >= 15 is 0 Å². The van der Waals surface area contributed by atoms with Crippen molar-refractivity contribution in [3.63, 3.8) is 0 Å². The number of nitrogens with zero attached hydrogens (tertiary/aromatic N) is 1. The molecule has 2 rings (SSSR count). The molecule has 1 saturated carbocycles. The Kier molecular flexibility index (Phi) is 4.37. The molecule has 0 aliphatic heterocycles. The van der Waals surface area contributed by atoms with Gasteiger partial charge >= 0.3 is 0 Å². The van der Waals surface area contributed by atoms with Gasteiger partial charge in [0.2, 0.25) is 5.91 Å². The Hall–Kier alpha value is -1.35. The average molecular weight is 246 g/mol. The van der Waals surface area contributed by atoms with Crippen LogP contribution in [0.2, 0.25) is 0 Å². The van der Waals surface area contributed by atoms with Crippen LogP contribution in [0.15, 0.2) is 24.3 Å². The summed E-state index contributed by atoms with van der Waals surface area (Å²) >= 11 is 0. The van der Waals surface area contributed by atoms with Crippen LogP contribution in [0.25, 0.3) is 0 Å². The number of benzene rings is 1. The summed E-state index contributed by atoms with van der Waals surface area (Å²) in [4.78, 5) is 13.5. The molecule has 3 nitrogen and oxygen atoms in total. The molecule has 98 valence electrons. The topological polar surface area (TPSA) is 46.3 Å². The minimum Gasteiger partial charge on any atom is -0.369 e. The normalized spacial score (nSPS) is 16.3. The van der Waals surface area contributed by atoms with Crippen molar-refractivity contribution >= 4 is 5.91 Å². The van der Waals surface area contributed by atoms with Crippen LogP contribution in [0.5, 0.6) is 0 Å². The molecular formula is C15H22N2O. The molecule has 0 bridgehead atoms. The fraction of sp³-hybridized carbons (Fsp3) is 0.533. The monoisotopic (exact) mass is 246 g/mol. The maximum atomic E-state index is 11.2. The molecule has 0 aromatic heterocycles. The summed E-state index contributed by atoms with van der Waals surface area (Å²) < 4.78 is 0. The van der Waals surface area contributed by atoms with Gasteiger partial charge in [0.25, 0.3) is 0 Å². The largest absolute Gasteiger partial charge is 0.369 e. The van der Waals surface area contributed by atoms with Crippen molar-refractivity contribution in [3.8, 4) is 0 Å². The van der Waals surface area contributed by atoms with Crippen LogP contribution in [0.4, 0.5) is 0 Å². The number of primary amides is 1. The quantitative estimate of drug-likeness (QED) is 0.866. The first-order valence-corrected chi connectivity index (χ1v) is 6.73. The number of amides is 1. The number of nitrogens with two attached hydrogens (primary N) is 1. The van der Waals surface area contributed by atoms with E-state index in [0.717, 1.165) is 6.54 Å². The number of carbonyl (C=O) groups is 1. The highest BCUT2D eigenvalue weighted by Crippen LogP contribution is 2.25. The lowest BCUT2D eigenvalue weighted by molar-refractivity contribution is -0.119. The summed E-state index contributed by atoms with van der Waals surface area (Å²) in [5, 5.41) is 0. The van der Waals surface area contributed by atoms with E-state index in [9.17, 15) is 4.79 Å². The molecule has 1 aliphatic rings. The van der Waals surface area contributed by atoms with Crippen molar-refractivity contribution < 1.29 is 4.79 Å². The molecule has 0 saturated heterocycles. The molecule has 2 N–H and O–H groups in total. The summed E-state index contributed by atoms with van der Waals surface area (Å²) in [7, 11) is 0. The van der Waals surface area contributed by atoms with Crippen LogP contribution in [-0.2, 0) is 11.3 Å². The molecule has 1 aliphatic carbocycles. The van der Waals surface area contributed by atoms with E-state index < -0.39 is 0 Å². The smallest absolute Gasteiger partial charge is 0.231 e. The number of rotatable bonds is 5. The van der Waals surface area contributed by atoms with Crippen LogP contribution < -0.4 is 5.73 Å². The van der Waals surface area contributed by atoms with Gasteiger partial charge in [-0.15, -0.1) is 0 Å². The van der Waals surface area contributed by atoms with E-state index in [1.807, 2.05) is 6.07 Å². The van der Waals surface area contributed by atoms with E-state index in [-0.39, 0.29) is 5.91 Å². The van der Waals surface area contributed by atoms with Gasteiger partial charge in [-0.05, 0) is 30.9 Å². The summed E-state index contributed by atoms with van der Waals surface area (Å²) in [6, 6.07) is 8.88. The molecule has 1 fully saturated rings. The van der Waals surface area contributed by atoms with Crippen molar-refractivity contribution in [1.82, 2.24) is 4.90 Å². The van der Waals surface area contributed by atoms with Crippen molar-refractivity contribution in [2.45, 2.75) is 45.2 Å². The number of carbonyl (C=O) groups excluding carboxylic acids is 1. The van der Waals surface area contributed by atoms with Gasteiger partial charge in [0.1, 0.15) is 0 Å². The molecule has 1 amide bonds. The van der Waals surface area contributed by atoms with Gasteiger partial charge in [-0.25, -0.2) is 0 Å². The van der Waals surface area contributed by atoms with Crippen molar-refractivity contribution in [3.05, 3.63) is 35.4 Å². The first-order valence-electron chi connectivity index (χ1n) is 6.73. The van der Waals surface area contributed by atoms with Gasteiger partial charge in [0, 0.05) is 12.6 Å². The lowest BCUT2D eigenvalue weighted by atomic mass is 10.1. The van der Waals surface area contributed by atoms with Gasteiger partial charge in [0.15, 0.2) is 0 Å².